The molecule has 0 saturated heterocycles. The Labute approximate surface area is 172 Å². The van der Waals surface area contributed by atoms with Crippen LogP contribution in [0.4, 0.5) is 29.0 Å². The van der Waals surface area contributed by atoms with Crippen LogP contribution >= 0.6 is 0 Å². The number of hydrogen-bond donors (Lipinski definition) is 4. The molecule has 0 saturated carbocycles. The molecule has 0 unspecified atom stereocenters. The molecule has 0 radical (unpaired) electrons. The van der Waals surface area contributed by atoms with Gasteiger partial charge in [0.25, 0.3) is 0 Å². The molecule has 0 aliphatic rings. The van der Waals surface area contributed by atoms with E-state index in [9.17, 15) is 4.79 Å². The molecule has 0 fully saturated rings. The maximum atomic E-state index is 12.6. The number of imidazole rings is 1. The zero-order chi connectivity index (χ0) is 21.3. The largest absolute Gasteiger partial charge is 0.399 e. The van der Waals surface area contributed by atoms with Gasteiger partial charge in [-0.05, 0) is 32.0 Å². The Hall–Kier alpha value is -4.15. The highest BCUT2D eigenvalue weighted by atomic mass is 16.2. The van der Waals surface area contributed by atoms with E-state index in [0.29, 0.717) is 35.0 Å². The number of aromatic nitrogens is 6. The van der Waals surface area contributed by atoms with E-state index in [4.69, 9.17) is 11.5 Å². The van der Waals surface area contributed by atoms with Gasteiger partial charge in [-0.25, -0.2) is 9.67 Å². The second-order valence-electron chi connectivity index (χ2n) is 6.76. The van der Waals surface area contributed by atoms with Gasteiger partial charge in [0.1, 0.15) is 12.4 Å². The number of nitrogens with one attached hydrogen (secondary N) is 2. The Kier molecular flexibility index (Phi) is 4.92. The van der Waals surface area contributed by atoms with Gasteiger partial charge in [0.2, 0.25) is 11.9 Å². The molecule has 3 aromatic heterocycles. The summed E-state index contributed by atoms with van der Waals surface area (Å²) < 4.78 is 3.35. The first-order chi connectivity index (χ1) is 14.4. The lowest BCUT2D eigenvalue weighted by molar-refractivity contribution is -0.116. The Morgan fingerprint density at radius 3 is 2.80 bits per heavy atom. The van der Waals surface area contributed by atoms with Gasteiger partial charge in [0, 0.05) is 24.0 Å². The number of nitrogens with two attached hydrogens (primary N) is 2. The fraction of sp³-hybridized carbons (Fsp3) is 0.211. The van der Waals surface area contributed by atoms with Crippen LogP contribution < -0.4 is 22.1 Å². The van der Waals surface area contributed by atoms with Crippen molar-refractivity contribution in [2.45, 2.75) is 26.9 Å². The number of anilines is 5. The molecular weight excluding hydrogens is 384 g/mol. The zero-order valence-corrected chi connectivity index (χ0v) is 16.6. The molecule has 0 aliphatic carbocycles. The minimum Gasteiger partial charge on any atom is -0.399 e. The van der Waals surface area contributed by atoms with E-state index in [1.807, 2.05) is 32.0 Å². The number of hydrogen-bond acceptors (Lipinski definition) is 8. The fourth-order valence-corrected chi connectivity index (χ4v) is 3.14. The van der Waals surface area contributed by atoms with Crippen molar-refractivity contribution in [1.29, 1.82) is 0 Å². The van der Waals surface area contributed by atoms with E-state index in [-0.39, 0.29) is 18.4 Å². The smallest absolute Gasteiger partial charge is 0.245 e. The Balaban J connectivity index is 1.59. The average Bonchev–Trinajstić information content (AvgIpc) is 3.24. The van der Waals surface area contributed by atoms with Crippen molar-refractivity contribution in [3.63, 3.8) is 0 Å². The van der Waals surface area contributed by atoms with Gasteiger partial charge in [-0.15, -0.1) is 0 Å². The lowest BCUT2D eigenvalue weighted by Gasteiger charge is -2.09. The van der Waals surface area contributed by atoms with Crippen molar-refractivity contribution < 1.29 is 4.79 Å². The molecule has 154 valence electrons. The molecule has 3 heterocycles. The zero-order valence-electron chi connectivity index (χ0n) is 16.6. The molecule has 0 bridgehead atoms. The van der Waals surface area contributed by atoms with E-state index in [1.165, 1.54) is 6.33 Å². The predicted molar refractivity (Wildman–Crippen MR) is 115 cm³/mol. The number of carbonyl (C=O) groups is 1. The second-order valence-corrected chi connectivity index (χ2v) is 6.76. The summed E-state index contributed by atoms with van der Waals surface area (Å²) in [5.41, 5.74) is 14.9. The van der Waals surface area contributed by atoms with Gasteiger partial charge in [-0.3, -0.25) is 4.79 Å². The minimum atomic E-state index is -0.230. The molecule has 0 atom stereocenters. The first kappa shape index (κ1) is 19.2. The van der Waals surface area contributed by atoms with E-state index < -0.39 is 0 Å². The molecule has 4 aromatic rings. The maximum absolute atomic E-state index is 12.6. The maximum Gasteiger partial charge on any atom is 0.245 e. The number of rotatable bonds is 6. The summed E-state index contributed by atoms with van der Waals surface area (Å²) in [5.74, 6) is 0.909. The number of carbonyl (C=O) groups excluding carboxylic acids is 1. The monoisotopic (exact) mass is 406 g/mol. The van der Waals surface area contributed by atoms with Crippen molar-refractivity contribution in [3.8, 4) is 0 Å². The third-order valence-corrected chi connectivity index (χ3v) is 4.41. The van der Waals surface area contributed by atoms with Crippen LogP contribution in [-0.4, -0.2) is 35.2 Å². The summed E-state index contributed by atoms with van der Waals surface area (Å²) in [6, 6.07) is 9.05. The minimum absolute atomic E-state index is 0.0125. The van der Waals surface area contributed by atoms with Crippen LogP contribution in [0.1, 0.15) is 12.6 Å². The first-order valence-electron chi connectivity index (χ1n) is 9.38. The number of nitrogens with zero attached hydrogens (tertiary/aromatic N) is 6. The molecule has 0 aliphatic heterocycles. The Morgan fingerprint density at radius 1 is 1.20 bits per heavy atom. The number of amides is 1. The van der Waals surface area contributed by atoms with Crippen LogP contribution in [-0.2, 0) is 17.9 Å². The molecule has 6 N–H and O–H groups in total. The molecular formula is C19H22N10O. The summed E-state index contributed by atoms with van der Waals surface area (Å²) in [5, 5.41) is 10.3. The molecule has 1 aromatic carbocycles. The van der Waals surface area contributed by atoms with Crippen molar-refractivity contribution in [2.24, 2.45) is 0 Å². The molecule has 1 amide bonds. The molecule has 4 rings (SSSR count). The van der Waals surface area contributed by atoms with E-state index in [2.05, 4.69) is 30.7 Å². The molecule has 11 nitrogen and oxygen atoms in total. The summed E-state index contributed by atoms with van der Waals surface area (Å²) in [6.45, 7) is 4.50. The lowest BCUT2D eigenvalue weighted by atomic mass is 10.3. The number of aryl methyl sites for hydroxylation is 2. The highest BCUT2D eigenvalue weighted by molar-refractivity contribution is 5.92. The molecule has 0 spiro atoms. The summed E-state index contributed by atoms with van der Waals surface area (Å²) in [4.78, 5) is 25.5. The fourth-order valence-electron chi connectivity index (χ4n) is 3.14. The first-order valence-corrected chi connectivity index (χ1v) is 9.38. The Morgan fingerprint density at radius 2 is 2.03 bits per heavy atom. The number of benzene rings is 1. The quantitative estimate of drug-likeness (QED) is 0.354. The van der Waals surface area contributed by atoms with Gasteiger partial charge in [0.05, 0.1) is 12.0 Å². The van der Waals surface area contributed by atoms with Gasteiger partial charge in [-0.2, -0.15) is 15.1 Å². The van der Waals surface area contributed by atoms with Crippen molar-refractivity contribution in [2.75, 3.05) is 22.1 Å². The summed E-state index contributed by atoms with van der Waals surface area (Å²) in [7, 11) is 0. The van der Waals surface area contributed by atoms with Gasteiger partial charge < -0.3 is 26.7 Å². The Bertz CT molecular complexity index is 1230. The van der Waals surface area contributed by atoms with Crippen LogP contribution in [0.25, 0.3) is 11.2 Å². The highest BCUT2D eigenvalue weighted by Crippen LogP contribution is 2.24. The van der Waals surface area contributed by atoms with E-state index in [1.54, 1.807) is 21.4 Å². The summed E-state index contributed by atoms with van der Waals surface area (Å²) >= 11 is 0. The van der Waals surface area contributed by atoms with Crippen LogP contribution in [0.5, 0.6) is 0 Å². The number of nitrogen functional groups attached to an aromatic ring is 2. The van der Waals surface area contributed by atoms with Crippen molar-refractivity contribution in [1.82, 2.24) is 29.3 Å². The molecule has 30 heavy (non-hydrogen) atoms. The van der Waals surface area contributed by atoms with Crippen LogP contribution in [0.2, 0.25) is 0 Å². The standard InChI is InChI=1S/C19H22N10O/c1-3-29-14(7-11(2)27-29)24-15(30)9-28-10-22-16-17(25-19(21)26-18(16)28)23-13-6-4-5-12(20)8-13/h4-8,10H,3,9,20H2,1-2H3,(H,24,30)(H3,21,23,25,26). The van der Waals surface area contributed by atoms with Gasteiger partial charge in [0.15, 0.2) is 17.0 Å². The highest BCUT2D eigenvalue weighted by Gasteiger charge is 2.16. The van der Waals surface area contributed by atoms with E-state index >= 15 is 0 Å². The van der Waals surface area contributed by atoms with Crippen LogP contribution in [0.15, 0.2) is 36.7 Å². The third kappa shape index (κ3) is 3.85. The van der Waals surface area contributed by atoms with Gasteiger partial charge in [-0.1, -0.05) is 6.07 Å². The second kappa shape index (κ2) is 7.70. The van der Waals surface area contributed by atoms with Crippen LogP contribution in [0, 0.1) is 6.92 Å². The average molecular weight is 406 g/mol. The predicted octanol–water partition coefficient (Wildman–Crippen LogP) is 1.90. The van der Waals surface area contributed by atoms with Crippen LogP contribution in [0.3, 0.4) is 0 Å². The third-order valence-electron chi connectivity index (χ3n) is 4.41. The van der Waals surface area contributed by atoms with E-state index in [0.717, 1.165) is 11.4 Å². The summed E-state index contributed by atoms with van der Waals surface area (Å²) in [6.07, 6.45) is 1.53. The number of fused-ring (bicyclic) bond motifs is 1. The lowest BCUT2D eigenvalue weighted by Crippen LogP contribution is -2.20. The van der Waals surface area contributed by atoms with Crippen molar-refractivity contribution >= 4 is 46.0 Å². The SMILES string of the molecule is CCn1nc(C)cc1NC(=O)Cn1cnc2c(Nc3cccc(N)c3)nc(N)nc21. The van der Waals surface area contributed by atoms with Gasteiger partial charge >= 0.3 is 0 Å². The topological polar surface area (TPSA) is 155 Å². The normalized spacial score (nSPS) is 11.0. The van der Waals surface area contributed by atoms with Crippen molar-refractivity contribution in [3.05, 3.63) is 42.4 Å². The molecule has 11 heteroatoms.